The second kappa shape index (κ2) is 6.50. The van der Waals surface area contributed by atoms with Gasteiger partial charge in [0.1, 0.15) is 0 Å². The maximum atomic E-state index is 11.4. The minimum absolute atomic E-state index is 0.278. The highest BCUT2D eigenvalue weighted by Gasteiger charge is 2.31. The summed E-state index contributed by atoms with van der Waals surface area (Å²) in [4.78, 5) is 11.4. The number of nitrogens with two attached hydrogens (primary N) is 1. The monoisotopic (exact) mass is 246 g/mol. The zero-order valence-corrected chi connectivity index (χ0v) is 12.1. The SMILES string of the molecule is CNC(C)(CC(C)SC(C)C(C)C)C(N)=O. The molecule has 1 amide bonds. The molecule has 0 aliphatic heterocycles. The van der Waals surface area contributed by atoms with Crippen molar-refractivity contribution >= 4 is 17.7 Å². The number of carbonyl (C=O) groups excluding carboxylic acids is 1. The molecule has 0 aromatic heterocycles. The molecule has 0 aromatic carbocycles. The number of carbonyl (C=O) groups is 1. The summed E-state index contributed by atoms with van der Waals surface area (Å²) in [6.45, 7) is 10.7. The Kier molecular flexibility index (Phi) is 6.41. The molecule has 96 valence electrons. The van der Waals surface area contributed by atoms with E-state index in [1.54, 1.807) is 7.05 Å². The summed E-state index contributed by atoms with van der Waals surface area (Å²) in [6.07, 6.45) is 0.764. The highest BCUT2D eigenvalue weighted by molar-refractivity contribution is 8.00. The summed E-state index contributed by atoms with van der Waals surface area (Å²) in [5.74, 6) is 0.376. The van der Waals surface area contributed by atoms with Gasteiger partial charge in [-0.1, -0.05) is 27.7 Å². The van der Waals surface area contributed by atoms with E-state index in [9.17, 15) is 4.79 Å². The Morgan fingerprint density at radius 3 is 2.19 bits per heavy atom. The molecule has 0 heterocycles. The summed E-state index contributed by atoms with van der Waals surface area (Å²) >= 11 is 1.92. The van der Waals surface area contributed by atoms with Crippen molar-refractivity contribution in [3.63, 3.8) is 0 Å². The summed E-state index contributed by atoms with van der Waals surface area (Å²) < 4.78 is 0. The molecule has 3 N–H and O–H groups in total. The van der Waals surface area contributed by atoms with E-state index in [0.29, 0.717) is 16.4 Å². The third-order valence-electron chi connectivity index (χ3n) is 3.18. The van der Waals surface area contributed by atoms with Gasteiger partial charge in [-0.3, -0.25) is 4.79 Å². The predicted molar refractivity (Wildman–Crippen MR) is 72.6 cm³/mol. The minimum atomic E-state index is -0.594. The fraction of sp³-hybridized carbons (Fsp3) is 0.917. The number of thioether (sulfide) groups is 1. The Balaban J connectivity index is 4.32. The van der Waals surface area contributed by atoms with Gasteiger partial charge in [0, 0.05) is 10.5 Å². The van der Waals surface area contributed by atoms with Gasteiger partial charge in [-0.2, -0.15) is 11.8 Å². The second-order valence-electron chi connectivity index (χ2n) is 5.05. The number of hydrogen-bond donors (Lipinski definition) is 2. The molecule has 0 aromatic rings. The Morgan fingerprint density at radius 2 is 1.88 bits per heavy atom. The van der Waals surface area contributed by atoms with Gasteiger partial charge in [0.15, 0.2) is 0 Å². The molecular weight excluding hydrogens is 220 g/mol. The predicted octanol–water partition coefficient (Wildman–Crippen LogP) is 2.01. The van der Waals surface area contributed by atoms with Crippen molar-refractivity contribution in [3.8, 4) is 0 Å². The van der Waals surface area contributed by atoms with Crippen molar-refractivity contribution in [1.82, 2.24) is 5.32 Å². The summed E-state index contributed by atoms with van der Waals surface area (Å²) in [5.41, 5.74) is 4.82. The van der Waals surface area contributed by atoms with Crippen LogP contribution in [0.25, 0.3) is 0 Å². The number of nitrogens with one attached hydrogen (secondary N) is 1. The van der Waals surface area contributed by atoms with E-state index in [-0.39, 0.29) is 5.91 Å². The van der Waals surface area contributed by atoms with Crippen molar-refractivity contribution in [2.45, 2.75) is 57.1 Å². The Morgan fingerprint density at radius 1 is 1.38 bits per heavy atom. The Bertz CT molecular complexity index is 233. The molecule has 0 saturated heterocycles. The lowest BCUT2D eigenvalue weighted by molar-refractivity contribution is -0.123. The van der Waals surface area contributed by atoms with E-state index < -0.39 is 5.54 Å². The average Bonchev–Trinajstić information content (AvgIpc) is 2.16. The number of amides is 1. The van der Waals surface area contributed by atoms with Crippen LogP contribution in [0.5, 0.6) is 0 Å². The maximum Gasteiger partial charge on any atom is 0.237 e. The molecule has 0 radical (unpaired) electrons. The van der Waals surface area contributed by atoms with Crippen molar-refractivity contribution in [1.29, 1.82) is 0 Å². The number of likely N-dealkylation sites (N-methyl/N-ethyl adjacent to an activating group) is 1. The fourth-order valence-electron chi connectivity index (χ4n) is 1.47. The van der Waals surface area contributed by atoms with Gasteiger partial charge < -0.3 is 11.1 Å². The molecule has 4 heteroatoms. The zero-order valence-electron chi connectivity index (χ0n) is 11.3. The van der Waals surface area contributed by atoms with Crippen LogP contribution in [0, 0.1) is 5.92 Å². The molecule has 0 spiro atoms. The van der Waals surface area contributed by atoms with Gasteiger partial charge in [0.25, 0.3) is 0 Å². The van der Waals surface area contributed by atoms with E-state index in [2.05, 4.69) is 33.0 Å². The Labute approximate surface area is 104 Å². The first-order chi connectivity index (χ1) is 7.23. The van der Waals surface area contributed by atoms with Gasteiger partial charge in [-0.05, 0) is 26.3 Å². The molecule has 0 aliphatic carbocycles. The highest BCUT2D eigenvalue weighted by Crippen LogP contribution is 2.28. The lowest BCUT2D eigenvalue weighted by Gasteiger charge is -2.30. The smallest absolute Gasteiger partial charge is 0.237 e. The van der Waals surface area contributed by atoms with Crippen LogP contribution in [0.3, 0.4) is 0 Å². The van der Waals surface area contributed by atoms with Crippen LogP contribution in [-0.4, -0.2) is 29.0 Å². The lowest BCUT2D eigenvalue weighted by atomic mass is 9.95. The molecule has 0 bridgehead atoms. The first-order valence-corrected chi connectivity index (χ1v) is 6.81. The first-order valence-electron chi connectivity index (χ1n) is 5.87. The van der Waals surface area contributed by atoms with Crippen LogP contribution in [0.1, 0.15) is 41.0 Å². The van der Waals surface area contributed by atoms with Crippen molar-refractivity contribution in [3.05, 3.63) is 0 Å². The topological polar surface area (TPSA) is 55.1 Å². The summed E-state index contributed by atoms with van der Waals surface area (Å²) in [5, 5.41) is 4.04. The molecule has 3 atom stereocenters. The molecule has 0 saturated carbocycles. The molecule has 3 nitrogen and oxygen atoms in total. The number of primary amides is 1. The second-order valence-corrected chi connectivity index (χ2v) is 6.87. The van der Waals surface area contributed by atoms with Crippen LogP contribution in [-0.2, 0) is 4.79 Å². The third-order valence-corrected chi connectivity index (χ3v) is 4.78. The molecule has 16 heavy (non-hydrogen) atoms. The van der Waals surface area contributed by atoms with E-state index in [1.807, 2.05) is 18.7 Å². The largest absolute Gasteiger partial charge is 0.368 e. The van der Waals surface area contributed by atoms with Gasteiger partial charge >= 0.3 is 0 Å². The molecule has 3 unspecified atom stereocenters. The standard InChI is InChI=1S/C12H26N2OS/c1-8(2)10(4)16-9(3)7-12(5,14-6)11(13)15/h8-10,14H,7H2,1-6H3,(H2,13,15). The summed E-state index contributed by atoms with van der Waals surface area (Å²) in [6, 6.07) is 0. The van der Waals surface area contributed by atoms with Gasteiger partial charge in [-0.15, -0.1) is 0 Å². The molecule has 0 fully saturated rings. The number of rotatable bonds is 7. The first kappa shape index (κ1) is 15.8. The Hall–Kier alpha value is -0.220. The van der Waals surface area contributed by atoms with E-state index in [0.717, 1.165) is 6.42 Å². The lowest BCUT2D eigenvalue weighted by Crippen LogP contribution is -2.52. The van der Waals surface area contributed by atoms with Crippen LogP contribution in [0.4, 0.5) is 0 Å². The zero-order chi connectivity index (χ0) is 12.9. The van der Waals surface area contributed by atoms with Crippen LogP contribution >= 0.6 is 11.8 Å². The fourth-order valence-corrected chi connectivity index (χ4v) is 2.95. The summed E-state index contributed by atoms with van der Waals surface area (Å²) in [7, 11) is 1.79. The average molecular weight is 246 g/mol. The van der Waals surface area contributed by atoms with E-state index >= 15 is 0 Å². The normalized spacial score (nSPS) is 19.2. The van der Waals surface area contributed by atoms with E-state index in [4.69, 9.17) is 5.73 Å². The van der Waals surface area contributed by atoms with Gasteiger partial charge in [0.05, 0.1) is 5.54 Å². The van der Waals surface area contributed by atoms with Gasteiger partial charge in [0.2, 0.25) is 5.91 Å². The van der Waals surface area contributed by atoms with Crippen LogP contribution < -0.4 is 11.1 Å². The quantitative estimate of drug-likeness (QED) is 0.722. The maximum absolute atomic E-state index is 11.4. The molecule has 0 aliphatic rings. The minimum Gasteiger partial charge on any atom is -0.368 e. The van der Waals surface area contributed by atoms with Crippen LogP contribution in [0.15, 0.2) is 0 Å². The van der Waals surface area contributed by atoms with E-state index in [1.165, 1.54) is 0 Å². The van der Waals surface area contributed by atoms with Crippen molar-refractivity contribution in [2.75, 3.05) is 7.05 Å². The van der Waals surface area contributed by atoms with Crippen molar-refractivity contribution in [2.24, 2.45) is 11.7 Å². The van der Waals surface area contributed by atoms with Crippen molar-refractivity contribution < 1.29 is 4.79 Å². The third kappa shape index (κ3) is 4.74. The van der Waals surface area contributed by atoms with Gasteiger partial charge in [-0.25, -0.2) is 0 Å². The molecule has 0 rings (SSSR count). The van der Waals surface area contributed by atoms with Crippen LogP contribution in [0.2, 0.25) is 0 Å². The number of hydrogen-bond acceptors (Lipinski definition) is 3. The molecular formula is C12H26N2OS. The highest BCUT2D eigenvalue weighted by atomic mass is 32.2.